The molecule has 0 aliphatic rings. The Kier molecular flexibility index (Phi) is 66.4. The second-order valence-electron chi connectivity index (χ2n) is 34.2. The molecule has 0 spiro atoms. The van der Waals surface area contributed by atoms with E-state index in [1.54, 1.807) is 97.3 Å². The molecule has 0 bridgehead atoms. The first-order chi connectivity index (χ1) is 68.2. The van der Waals surface area contributed by atoms with E-state index in [1.165, 1.54) is 149 Å². The van der Waals surface area contributed by atoms with Crippen molar-refractivity contribution in [2.24, 2.45) is 0 Å². The average Bonchev–Trinajstić information content (AvgIpc) is 0.854. The zero-order valence-electron chi connectivity index (χ0n) is 87.6. The van der Waals surface area contributed by atoms with Crippen LogP contribution in [-0.4, -0.2) is 4.98 Å². The van der Waals surface area contributed by atoms with Crippen LogP contribution in [0.15, 0.2) is 370 Å². The van der Waals surface area contributed by atoms with Crippen molar-refractivity contribution in [3.05, 3.63) is 595 Å². The van der Waals surface area contributed by atoms with Crippen molar-refractivity contribution < 1.29 is 65.9 Å². The summed E-state index contributed by atoms with van der Waals surface area (Å²) >= 11 is 11.4. The zero-order valence-corrected chi connectivity index (χ0v) is 89.1. The van der Waals surface area contributed by atoms with Crippen molar-refractivity contribution >= 4 is 23.2 Å². The van der Waals surface area contributed by atoms with E-state index in [0.717, 1.165) is 97.0 Å². The summed E-state index contributed by atoms with van der Waals surface area (Å²) in [5.41, 5.74) is 23.3. The van der Waals surface area contributed by atoms with Crippen molar-refractivity contribution in [2.45, 2.75) is 187 Å². The highest BCUT2D eigenvalue weighted by molar-refractivity contribution is 6.31. The summed E-state index contributed by atoms with van der Waals surface area (Å²) in [6.07, 6.45) is -0.643. The van der Waals surface area contributed by atoms with Crippen molar-refractivity contribution in [3.8, 4) is 0 Å². The molecule has 0 saturated carbocycles. The van der Waals surface area contributed by atoms with Gasteiger partial charge in [-0.25, -0.2) is 52.7 Å². The van der Waals surface area contributed by atoms with Gasteiger partial charge in [-0.2, -0.15) is 13.2 Å². The molecular formula is C128H140Cl2F15N. The monoisotopic (exact) mass is 2050 g/mol. The van der Waals surface area contributed by atoms with Crippen LogP contribution in [0.3, 0.4) is 0 Å². The number of hydrogen-bond acceptors (Lipinski definition) is 1. The zero-order chi connectivity index (χ0) is 109. The van der Waals surface area contributed by atoms with Crippen LogP contribution in [0.2, 0.25) is 10.0 Å². The lowest BCUT2D eigenvalue weighted by Crippen LogP contribution is -2.06. The normalized spacial score (nSPS) is 9.52. The summed E-state index contributed by atoms with van der Waals surface area (Å²) in [6, 6.07) is 105. The van der Waals surface area contributed by atoms with E-state index in [-0.39, 0.29) is 47.6 Å². The van der Waals surface area contributed by atoms with Gasteiger partial charge in [0, 0.05) is 34.1 Å². The van der Waals surface area contributed by atoms with Gasteiger partial charge in [0.05, 0.1) is 5.56 Å². The molecule has 0 amide bonds. The van der Waals surface area contributed by atoms with Gasteiger partial charge in [0.25, 0.3) is 0 Å². The molecule has 16 aromatic carbocycles. The largest absolute Gasteiger partial charge is 0.416 e. The Morgan fingerprint density at radius 2 is 0.486 bits per heavy atom. The number of pyridine rings is 1. The number of nitrogens with zero attached hydrogens (tertiary/aromatic N) is 1. The van der Waals surface area contributed by atoms with Crippen LogP contribution in [-0.2, 0) is 6.18 Å². The highest BCUT2D eigenvalue weighted by Crippen LogP contribution is 2.31. The van der Waals surface area contributed by atoms with Gasteiger partial charge in [-0.15, -0.1) is 0 Å². The van der Waals surface area contributed by atoms with Crippen molar-refractivity contribution in [1.82, 2.24) is 4.98 Å². The number of alkyl halides is 3. The summed E-state index contributed by atoms with van der Waals surface area (Å²) < 4.78 is 185. The second-order valence-corrected chi connectivity index (χ2v) is 35.0. The number of halogens is 17. The molecule has 1 aromatic heterocycles. The van der Waals surface area contributed by atoms with Crippen LogP contribution in [0.5, 0.6) is 0 Å². The van der Waals surface area contributed by atoms with E-state index in [1.807, 2.05) is 151 Å². The molecule has 1 heterocycles. The molecule has 776 valence electrons. The maximum Gasteiger partial charge on any atom is 0.416 e. The van der Waals surface area contributed by atoms with E-state index in [9.17, 15) is 65.9 Å². The summed E-state index contributed by atoms with van der Waals surface area (Å²) in [5.74, 6) is -4.77. The molecular weight excluding hydrogens is 1910 g/mol. The molecule has 0 radical (unpaired) electrons. The second kappa shape index (κ2) is 73.3. The minimum Gasteiger partial charge on any atom is -0.265 e. The molecule has 0 aliphatic heterocycles. The Labute approximate surface area is 870 Å². The number of rotatable bonds is 0. The van der Waals surface area contributed by atoms with Crippen LogP contribution >= 0.6 is 23.2 Å². The Bertz CT molecular complexity index is 5860. The maximum atomic E-state index is 12.8. The molecule has 146 heavy (non-hydrogen) atoms. The van der Waals surface area contributed by atoms with Crippen LogP contribution in [0.1, 0.15) is 152 Å². The molecule has 0 saturated heterocycles. The van der Waals surface area contributed by atoms with Gasteiger partial charge in [0.15, 0.2) is 11.6 Å². The van der Waals surface area contributed by atoms with Gasteiger partial charge in [-0.05, 0) is 349 Å². The molecule has 0 unspecified atom stereocenters. The minimum absolute atomic E-state index is 0. The van der Waals surface area contributed by atoms with Gasteiger partial charge in [-0.3, -0.25) is 4.98 Å². The topological polar surface area (TPSA) is 12.9 Å². The fourth-order valence-corrected chi connectivity index (χ4v) is 12.0. The van der Waals surface area contributed by atoms with Crippen molar-refractivity contribution in [3.63, 3.8) is 0 Å². The summed E-state index contributed by atoms with van der Waals surface area (Å²) in [5, 5.41) is 1.65. The number of aryl methyl sites for hydroxylation is 24. The Hall–Kier alpha value is -13.8. The SMILES string of the molecule is C.Cc1cc(C)cc(F)c1.Cc1cc(F)ccc1F.Cc1ccc(Cl)c(C)c1.Cc1ccc(Cl)cc1.Cc1ccc(F)c(C)c1.Cc1ccc(F)c(C)c1F.Cc1ccc(F)c(F)c1.Cc1ccc(F)cc1F.Cc1cccc(C)c1.Cc1cccc(C)c1.Cc1cccc(C)c1.Cc1cccc(C)c1F.Cc1ccccc1.Cc1ccccc1.Cc1ccccc1C(F)(F)F.Cc1ccccc1F.Cc1ccncc1. The first-order valence-electron chi connectivity index (χ1n) is 46.3. The Morgan fingerprint density at radius 1 is 0.185 bits per heavy atom. The first kappa shape index (κ1) is 132. The molecule has 1 nitrogen and oxygen atoms in total. The smallest absolute Gasteiger partial charge is 0.265 e. The highest BCUT2D eigenvalue weighted by atomic mass is 35.5. The standard InChI is InChI=1S/C8H9Cl.C8H7F3.C8H8F2.3C8H9F.3C8H10.C7H7Cl.3C7H6F2.C7H7F.2C7H8.C6H7N.CH4/c1-6-3-4-8(9)7(2)5-6;1-6-4-2-3-5-7(6)8(9,10)11;1-5-3-4-7(9)6(2)8(5)10;1-6-3-7(2)5-8(9)4-6;1-6-3-4-8(9)7(2)5-6;1-6-4-3-5-7(2)8(6)9;3*1-7-4-3-5-8(2)6-7;1-6-2-4-7(8)5-3-6;1-5-4-6(8)2-3-7(5)9;1-5-2-3-6(8)4-7(5)9;1-5-2-3-6(8)7(9)4-5;1-6-4-2-3-5-7(6)8;2*1-7-5-3-2-4-6-7;1-6-2-4-7-5-3-6;/h3-5H,1-2H3;2-5H,1H3;3-4H,1-2H3;3*3-5H,1-2H3;3*3-6H,1-2H3;2-5H,1H3;3*2-4H,1H3;2-5H,1H3;2*2-6H,1H3;2-5H,1H3;1H4. The Morgan fingerprint density at radius 3 is 0.781 bits per heavy atom. The minimum atomic E-state index is -4.22. The van der Waals surface area contributed by atoms with Crippen molar-refractivity contribution in [2.75, 3.05) is 0 Å². The Balaban J connectivity index is 0.00000153. The maximum absolute atomic E-state index is 12.8. The third-order valence-electron chi connectivity index (χ3n) is 19.8. The molecule has 0 aliphatic carbocycles. The molecule has 18 heteroatoms. The number of aromatic nitrogens is 1. The quantitative estimate of drug-likeness (QED) is 0.138. The molecule has 0 N–H and O–H groups in total. The van der Waals surface area contributed by atoms with E-state index >= 15 is 0 Å². The van der Waals surface area contributed by atoms with E-state index < -0.39 is 52.5 Å². The highest BCUT2D eigenvalue weighted by Gasteiger charge is 2.31. The number of hydrogen-bond donors (Lipinski definition) is 0. The summed E-state index contributed by atoms with van der Waals surface area (Å²) in [4.78, 5) is 3.85. The molecule has 17 aromatic rings. The average molecular weight is 2050 g/mol. The summed E-state index contributed by atoms with van der Waals surface area (Å²) in [6.45, 7) is 47.0. The van der Waals surface area contributed by atoms with Crippen LogP contribution < -0.4 is 0 Å². The fourth-order valence-electron chi connectivity index (χ4n) is 11.8. The molecule has 0 fully saturated rings. The van der Waals surface area contributed by atoms with Crippen LogP contribution in [0, 0.1) is 243 Å². The van der Waals surface area contributed by atoms with E-state index in [0.29, 0.717) is 22.3 Å². The van der Waals surface area contributed by atoms with Gasteiger partial charge >= 0.3 is 6.18 Å². The lowest BCUT2D eigenvalue weighted by Gasteiger charge is -2.08. The predicted molar refractivity (Wildman–Crippen MR) is 587 cm³/mol. The molecule has 0 atom stereocenters. The molecule has 17 rings (SSSR count). The number of benzene rings is 16. The third kappa shape index (κ3) is 62.7. The van der Waals surface area contributed by atoms with Gasteiger partial charge in [-0.1, -0.05) is 341 Å². The van der Waals surface area contributed by atoms with Gasteiger partial charge < -0.3 is 0 Å². The predicted octanol–water partition coefficient (Wildman–Crippen LogP) is 40.4. The van der Waals surface area contributed by atoms with Gasteiger partial charge in [0.1, 0.15) is 58.2 Å². The summed E-state index contributed by atoms with van der Waals surface area (Å²) in [7, 11) is 0. The van der Waals surface area contributed by atoms with Crippen molar-refractivity contribution in [1.29, 1.82) is 0 Å². The fraction of sp³-hybridized carbons (Fsp3) is 0.211. The first-order valence-corrected chi connectivity index (χ1v) is 47.1. The third-order valence-corrected chi connectivity index (χ3v) is 20.5. The van der Waals surface area contributed by atoms with E-state index in [2.05, 4.69) is 170 Å². The van der Waals surface area contributed by atoms with Crippen LogP contribution in [0.25, 0.3) is 0 Å². The van der Waals surface area contributed by atoms with Crippen LogP contribution in [0.4, 0.5) is 65.9 Å². The lowest BCUT2D eigenvalue weighted by molar-refractivity contribution is -0.138. The lowest BCUT2D eigenvalue weighted by atomic mass is 10.1. The van der Waals surface area contributed by atoms with E-state index in [4.69, 9.17) is 23.2 Å². The van der Waals surface area contributed by atoms with Gasteiger partial charge in [0.2, 0.25) is 0 Å².